The fraction of sp³-hybridized carbons (Fsp3) is 0.538. The molecule has 0 unspecified atom stereocenters. The van der Waals surface area contributed by atoms with Gasteiger partial charge in [0.05, 0.1) is 17.0 Å². The van der Waals surface area contributed by atoms with E-state index in [9.17, 15) is 14.9 Å². The van der Waals surface area contributed by atoms with Gasteiger partial charge in [-0.25, -0.2) is 9.78 Å². The molecule has 2 aliphatic rings. The van der Waals surface area contributed by atoms with Gasteiger partial charge in [-0.2, -0.15) is 0 Å². The van der Waals surface area contributed by atoms with Crippen molar-refractivity contribution < 1.29 is 9.72 Å². The first kappa shape index (κ1) is 13.6. The third kappa shape index (κ3) is 2.16. The van der Waals surface area contributed by atoms with Crippen LogP contribution in [0.4, 0.5) is 16.3 Å². The van der Waals surface area contributed by atoms with Crippen molar-refractivity contribution in [1.29, 1.82) is 0 Å². The smallest absolute Gasteiger partial charge is 0.317 e. The molecule has 112 valence electrons. The molecular formula is C13H17N5O3. The Kier molecular flexibility index (Phi) is 3.15. The van der Waals surface area contributed by atoms with Crippen molar-refractivity contribution in [2.45, 2.75) is 25.4 Å². The van der Waals surface area contributed by atoms with Crippen molar-refractivity contribution in [3.8, 4) is 0 Å². The van der Waals surface area contributed by atoms with Crippen LogP contribution in [0.5, 0.6) is 0 Å². The number of pyridine rings is 1. The second-order valence-electron chi connectivity index (χ2n) is 5.53. The van der Waals surface area contributed by atoms with Crippen molar-refractivity contribution in [3.05, 3.63) is 27.9 Å². The molecule has 0 aliphatic carbocycles. The summed E-state index contributed by atoms with van der Waals surface area (Å²) >= 11 is 0. The average molecular weight is 291 g/mol. The number of aryl methyl sites for hydroxylation is 1. The van der Waals surface area contributed by atoms with E-state index in [-0.39, 0.29) is 28.7 Å². The summed E-state index contributed by atoms with van der Waals surface area (Å²) in [5.74, 6) is 0.391. The Labute approximate surface area is 121 Å². The average Bonchev–Trinajstić information content (AvgIpc) is 2.73. The zero-order chi connectivity index (χ0) is 15.1. The third-order valence-electron chi connectivity index (χ3n) is 4.29. The second kappa shape index (κ2) is 4.87. The maximum absolute atomic E-state index is 11.7. The molecule has 1 aromatic heterocycles. The Morgan fingerprint density at radius 3 is 3.00 bits per heavy atom. The number of urea groups is 1. The zero-order valence-corrected chi connectivity index (χ0v) is 11.9. The topological polar surface area (TPSA) is 91.6 Å². The highest BCUT2D eigenvalue weighted by molar-refractivity contribution is 5.78. The Hall–Kier alpha value is -2.38. The minimum atomic E-state index is -0.386. The number of likely N-dealkylation sites (N-methyl/N-ethyl adjacent to an activating group) is 1. The lowest BCUT2D eigenvalue weighted by molar-refractivity contribution is -0.384. The Balaban J connectivity index is 1.89. The Morgan fingerprint density at radius 2 is 2.29 bits per heavy atom. The van der Waals surface area contributed by atoms with Crippen molar-refractivity contribution >= 4 is 17.5 Å². The van der Waals surface area contributed by atoms with Crippen LogP contribution in [0.25, 0.3) is 0 Å². The highest BCUT2D eigenvalue weighted by Gasteiger charge is 2.42. The maximum atomic E-state index is 11.7. The predicted molar refractivity (Wildman–Crippen MR) is 76.3 cm³/mol. The second-order valence-corrected chi connectivity index (χ2v) is 5.53. The van der Waals surface area contributed by atoms with Crippen LogP contribution in [0.2, 0.25) is 0 Å². The van der Waals surface area contributed by atoms with Crippen molar-refractivity contribution in [2.75, 3.05) is 25.0 Å². The van der Waals surface area contributed by atoms with E-state index >= 15 is 0 Å². The number of nitro groups is 1. The number of aromatic nitrogens is 1. The SMILES string of the molecule is Cc1ccnc(N2CC[C@H]3[C@@H](C2)NC(=O)N3C)c1[N+](=O)[O-]. The zero-order valence-electron chi connectivity index (χ0n) is 11.9. The molecule has 0 saturated carbocycles. The number of rotatable bonds is 2. The molecule has 2 fully saturated rings. The number of fused-ring (bicyclic) bond motifs is 1. The van der Waals surface area contributed by atoms with Gasteiger partial charge in [-0.3, -0.25) is 10.1 Å². The van der Waals surface area contributed by atoms with Gasteiger partial charge in [-0.05, 0) is 19.4 Å². The van der Waals surface area contributed by atoms with Gasteiger partial charge in [0.25, 0.3) is 0 Å². The minimum absolute atomic E-state index is 0.0156. The fourth-order valence-corrected chi connectivity index (χ4v) is 3.14. The lowest BCUT2D eigenvalue weighted by atomic mass is 10.00. The Bertz CT molecular complexity index is 605. The van der Waals surface area contributed by atoms with Crippen LogP contribution in [0.1, 0.15) is 12.0 Å². The molecule has 21 heavy (non-hydrogen) atoms. The molecule has 2 amide bonds. The van der Waals surface area contributed by atoms with Gasteiger partial charge in [-0.15, -0.1) is 0 Å². The summed E-state index contributed by atoms with van der Waals surface area (Å²) in [6, 6.07) is 1.69. The number of hydrogen-bond donors (Lipinski definition) is 1. The van der Waals surface area contributed by atoms with E-state index < -0.39 is 0 Å². The first-order valence-corrected chi connectivity index (χ1v) is 6.87. The molecule has 3 rings (SSSR count). The molecule has 2 atom stereocenters. The minimum Gasteiger partial charge on any atom is -0.349 e. The number of carbonyl (C=O) groups excluding carboxylic acids is 1. The summed E-state index contributed by atoms with van der Waals surface area (Å²) in [7, 11) is 1.78. The maximum Gasteiger partial charge on any atom is 0.317 e. The standard InChI is InChI=1S/C13H17N5O3/c1-8-3-5-14-12(11(8)18(20)21)17-6-4-10-9(7-17)15-13(19)16(10)2/h3,5,9-10H,4,6-7H2,1-2H3,(H,15,19)/t9-,10+/m1/s1. The number of piperidine rings is 1. The molecule has 8 heteroatoms. The number of amides is 2. The van der Waals surface area contributed by atoms with Gasteiger partial charge in [0.15, 0.2) is 0 Å². The van der Waals surface area contributed by atoms with E-state index in [0.29, 0.717) is 24.5 Å². The molecule has 3 heterocycles. The molecule has 1 aromatic rings. The van der Waals surface area contributed by atoms with Gasteiger partial charge in [0.2, 0.25) is 5.82 Å². The molecule has 0 radical (unpaired) electrons. The van der Waals surface area contributed by atoms with Crippen LogP contribution < -0.4 is 10.2 Å². The molecule has 1 N–H and O–H groups in total. The van der Waals surface area contributed by atoms with E-state index in [2.05, 4.69) is 10.3 Å². The van der Waals surface area contributed by atoms with Crippen LogP contribution in [0.3, 0.4) is 0 Å². The summed E-state index contributed by atoms with van der Waals surface area (Å²) in [6.45, 7) is 2.90. The summed E-state index contributed by atoms with van der Waals surface area (Å²) in [5, 5.41) is 14.2. The predicted octanol–water partition coefficient (Wildman–Crippen LogP) is 0.901. The lowest BCUT2D eigenvalue weighted by Crippen LogP contribution is -2.51. The molecule has 2 aliphatic heterocycles. The number of hydrogen-bond acceptors (Lipinski definition) is 5. The summed E-state index contributed by atoms with van der Waals surface area (Å²) in [5.41, 5.74) is 0.647. The highest BCUT2D eigenvalue weighted by atomic mass is 16.6. The molecule has 0 bridgehead atoms. The number of nitrogens with one attached hydrogen (secondary N) is 1. The van der Waals surface area contributed by atoms with Crippen LogP contribution >= 0.6 is 0 Å². The largest absolute Gasteiger partial charge is 0.349 e. The number of carbonyl (C=O) groups is 1. The van der Waals surface area contributed by atoms with Crippen molar-refractivity contribution in [2.24, 2.45) is 0 Å². The monoisotopic (exact) mass is 291 g/mol. The summed E-state index contributed by atoms with van der Waals surface area (Å²) < 4.78 is 0. The van der Waals surface area contributed by atoms with Crippen LogP contribution in [0.15, 0.2) is 12.3 Å². The molecular weight excluding hydrogens is 274 g/mol. The first-order chi connectivity index (χ1) is 9.99. The molecule has 0 spiro atoms. The van der Waals surface area contributed by atoms with E-state index in [1.54, 1.807) is 31.1 Å². The van der Waals surface area contributed by atoms with Gasteiger partial charge in [0, 0.05) is 31.9 Å². The van der Waals surface area contributed by atoms with Gasteiger partial charge in [-0.1, -0.05) is 0 Å². The number of anilines is 1. The fourth-order valence-electron chi connectivity index (χ4n) is 3.14. The lowest BCUT2D eigenvalue weighted by Gasteiger charge is -2.36. The summed E-state index contributed by atoms with van der Waals surface area (Å²) in [4.78, 5) is 30.4. The van der Waals surface area contributed by atoms with Gasteiger partial charge >= 0.3 is 11.7 Å². The molecule has 0 aromatic carbocycles. The van der Waals surface area contributed by atoms with E-state index in [4.69, 9.17) is 0 Å². The van der Waals surface area contributed by atoms with E-state index in [1.165, 1.54) is 0 Å². The molecule has 2 saturated heterocycles. The normalized spacial score (nSPS) is 24.8. The van der Waals surface area contributed by atoms with E-state index in [0.717, 1.165) is 6.42 Å². The number of nitrogens with zero attached hydrogens (tertiary/aromatic N) is 4. The third-order valence-corrected chi connectivity index (χ3v) is 4.29. The van der Waals surface area contributed by atoms with Crippen LogP contribution in [0, 0.1) is 17.0 Å². The van der Waals surface area contributed by atoms with Crippen LogP contribution in [-0.2, 0) is 0 Å². The van der Waals surface area contributed by atoms with Gasteiger partial charge in [0.1, 0.15) is 0 Å². The quantitative estimate of drug-likeness (QED) is 0.645. The first-order valence-electron chi connectivity index (χ1n) is 6.87. The highest BCUT2D eigenvalue weighted by Crippen LogP contribution is 2.32. The Morgan fingerprint density at radius 1 is 1.52 bits per heavy atom. The van der Waals surface area contributed by atoms with Crippen molar-refractivity contribution in [1.82, 2.24) is 15.2 Å². The van der Waals surface area contributed by atoms with Crippen molar-refractivity contribution in [3.63, 3.8) is 0 Å². The summed E-state index contributed by atoms with van der Waals surface area (Å²) in [6.07, 6.45) is 2.36. The van der Waals surface area contributed by atoms with Crippen LogP contribution in [-0.4, -0.2) is 53.1 Å². The molecule has 8 nitrogen and oxygen atoms in total. The van der Waals surface area contributed by atoms with E-state index in [1.807, 2.05) is 4.90 Å². The van der Waals surface area contributed by atoms with Gasteiger partial charge < -0.3 is 15.1 Å².